The van der Waals surface area contributed by atoms with Gasteiger partial charge in [0.15, 0.2) is 0 Å². The Bertz CT molecular complexity index is 352. The van der Waals surface area contributed by atoms with Crippen molar-refractivity contribution in [1.29, 1.82) is 0 Å². The molecule has 0 saturated heterocycles. The van der Waals surface area contributed by atoms with Crippen molar-refractivity contribution in [3.63, 3.8) is 0 Å². The summed E-state index contributed by atoms with van der Waals surface area (Å²) in [5.41, 5.74) is 0. The van der Waals surface area contributed by atoms with Gasteiger partial charge in [0.25, 0.3) is 0 Å². The molecule has 0 atom stereocenters. The van der Waals surface area contributed by atoms with E-state index in [0.29, 0.717) is 6.54 Å². The van der Waals surface area contributed by atoms with Gasteiger partial charge >= 0.3 is 11.9 Å². The van der Waals surface area contributed by atoms with Gasteiger partial charge in [-0.1, -0.05) is 38.5 Å². The van der Waals surface area contributed by atoms with Crippen LogP contribution in [0.3, 0.4) is 0 Å². The van der Waals surface area contributed by atoms with Gasteiger partial charge in [-0.3, -0.25) is 9.59 Å². The average molecular weight is 299 g/mol. The van der Waals surface area contributed by atoms with Crippen LogP contribution in [0, 0.1) is 0 Å². The Kier molecular flexibility index (Phi) is 12.0. The van der Waals surface area contributed by atoms with Crippen LogP contribution in [0.1, 0.15) is 57.8 Å². The second-order valence-electron chi connectivity index (χ2n) is 4.93. The molecule has 0 bridgehead atoms. The fourth-order valence-electron chi connectivity index (χ4n) is 1.88. The largest absolute Gasteiger partial charge is 0.481 e. The number of aliphatic carboxylic acids is 2. The molecule has 120 valence electrons. The van der Waals surface area contributed by atoms with Crippen molar-refractivity contribution in [3.8, 4) is 0 Å². The molecule has 0 radical (unpaired) electrons. The highest BCUT2D eigenvalue weighted by Gasteiger charge is 1.98. The standard InChI is InChI=1S/C15H25NO5/c17-13(10-11-15(20)21)16-12-8-6-4-2-1-3-5-7-9-14(18)19/h10-11H,1-9,12H2,(H,16,17)(H,18,19)(H,20,21)/b11-10-. The minimum Gasteiger partial charge on any atom is -0.481 e. The van der Waals surface area contributed by atoms with Crippen molar-refractivity contribution >= 4 is 17.8 Å². The fraction of sp³-hybridized carbons (Fsp3) is 0.667. The lowest BCUT2D eigenvalue weighted by molar-refractivity contribution is -0.137. The van der Waals surface area contributed by atoms with E-state index in [0.717, 1.165) is 63.5 Å². The number of nitrogens with one attached hydrogen (secondary N) is 1. The van der Waals surface area contributed by atoms with Crippen LogP contribution in [0.2, 0.25) is 0 Å². The zero-order valence-corrected chi connectivity index (χ0v) is 12.3. The number of carbonyl (C=O) groups is 3. The van der Waals surface area contributed by atoms with Gasteiger partial charge in [0.05, 0.1) is 0 Å². The third-order valence-corrected chi connectivity index (χ3v) is 2.99. The third-order valence-electron chi connectivity index (χ3n) is 2.99. The minimum atomic E-state index is -1.13. The molecule has 0 spiro atoms. The van der Waals surface area contributed by atoms with Crippen molar-refractivity contribution in [3.05, 3.63) is 12.2 Å². The highest BCUT2D eigenvalue weighted by Crippen LogP contribution is 2.09. The highest BCUT2D eigenvalue weighted by molar-refractivity contribution is 5.93. The van der Waals surface area contributed by atoms with Gasteiger partial charge in [-0.25, -0.2) is 4.79 Å². The third kappa shape index (κ3) is 16.1. The Morgan fingerprint density at radius 2 is 1.29 bits per heavy atom. The van der Waals surface area contributed by atoms with E-state index >= 15 is 0 Å². The summed E-state index contributed by atoms with van der Waals surface area (Å²) in [6, 6.07) is 0. The summed E-state index contributed by atoms with van der Waals surface area (Å²) in [5, 5.41) is 19.4. The van der Waals surface area contributed by atoms with E-state index in [1.54, 1.807) is 0 Å². The highest BCUT2D eigenvalue weighted by atomic mass is 16.4. The summed E-state index contributed by atoms with van der Waals surface area (Å²) in [6.45, 7) is 0.557. The Morgan fingerprint density at radius 1 is 0.762 bits per heavy atom. The maximum Gasteiger partial charge on any atom is 0.328 e. The molecule has 0 fully saturated rings. The van der Waals surface area contributed by atoms with Crippen molar-refractivity contribution in [2.75, 3.05) is 6.54 Å². The van der Waals surface area contributed by atoms with Crippen molar-refractivity contribution in [2.45, 2.75) is 57.8 Å². The number of amides is 1. The predicted octanol–water partition coefficient (Wildman–Crippen LogP) is 2.34. The quantitative estimate of drug-likeness (QED) is 0.358. The second-order valence-corrected chi connectivity index (χ2v) is 4.93. The first-order valence-corrected chi connectivity index (χ1v) is 7.43. The molecular formula is C15H25NO5. The Balaban J connectivity index is 3.24. The molecule has 0 unspecified atom stereocenters. The molecule has 3 N–H and O–H groups in total. The Labute approximate surface area is 125 Å². The number of hydrogen-bond donors (Lipinski definition) is 3. The van der Waals surface area contributed by atoms with Crippen molar-refractivity contribution in [1.82, 2.24) is 5.32 Å². The molecule has 0 heterocycles. The number of carboxylic acids is 2. The molecule has 21 heavy (non-hydrogen) atoms. The van der Waals surface area contributed by atoms with E-state index in [-0.39, 0.29) is 12.3 Å². The van der Waals surface area contributed by atoms with E-state index in [1.165, 1.54) is 0 Å². The minimum absolute atomic E-state index is 0.260. The first kappa shape index (κ1) is 19.1. The molecule has 0 aromatic rings. The zero-order chi connectivity index (χ0) is 15.9. The first-order chi connectivity index (χ1) is 10.0. The number of unbranched alkanes of at least 4 members (excludes halogenated alkanes) is 7. The summed E-state index contributed by atoms with van der Waals surface area (Å²) in [6.07, 6.45) is 10.1. The molecule has 6 nitrogen and oxygen atoms in total. The lowest BCUT2D eigenvalue weighted by Crippen LogP contribution is -2.22. The van der Waals surface area contributed by atoms with Gasteiger partial charge in [-0.05, 0) is 12.8 Å². The zero-order valence-electron chi connectivity index (χ0n) is 12.3. The maximum absolute atomic E-state index is 11.1. The maximum atomic E-state index is 11.1. The van der Waals surface area contributed by atoms with Crippen LogP contribution in [0.25, 0.3) is 0 Å². The number of hydrogen-bond acceptors (Lipinski definition) is 3. The predicted molar refractivity (Wildman–Crippen MR) is 79.0 cm³/mol. The van der Waals surface area contributed by atoms with E-state index in [9.17, 15) is 14.4 Å². The van der Waals surface area contributed by atoms with Crippen LogP contribution in [0.15, 0.2) is 12.2 Å². The molecule has 0 rings (SSSR count). The Hall–Kier alpha value is -1.85. The van der Waals surface area contributed by atoms with Crippen molar-refractivity contribution < 1.29 is 24.6 Å². The molecule has 6 heteroatoms. The van der Waals surface area contributed by atoms with Crippen LogP contribution in [-0.4, -0.2) is 34.6 Å². The van der Waals surface area contributed by atoms with Gasteiger partial charge < -0.3 is 15.5 Å². The Morgan fingerprint density at radius 3 is 1.81 bits per heavy atom. The fourth-order valence-corrected chi connectivity index (χ4v) is 1.88. The van der Waals surface area contributed by atoms with Crippen LogP contribution in [-0.2, 0) is 14.4 Å². The monoisotopic (exact) mass is 299 g/mol. The van der Waals surface area contributed by atoms with Crippen LogP contribution in [0.5, 0.6) is 0 Å². The van der Waals surface area contributed by atoms with Crippen LogP contribution < -0.4 is 5.32 Å². The number of rotatable bonds is 13. The molecule has 0 aliphatic rings. The number of carboxylic acid groups (broad SMARTS) is 2. The summed E-state index contributed by atoms with van der Waals surface area (Å²) in [4.78, 5) is 31.6. The van der Waals surface area contributed by atoms with Gasteiger partial charge in [0.1, 0.15) is 0 Å². The smallest absolute Gasteiger partial charge is 0.328 e. The molecule has 0 aliphatic carbocycles. The molecular weight excluding hydrogens is 274 g/mol. The van der Waals surface area contributed by atoms with Gasteiger partial charge in [0, 0.05) is 25.1 Å². The molecule has 0 aromatic heterocycles. The molecule has 1 amide bonds. The van der Waals surface area contributed by atoms with Crippen LogP contribution >= 0.6 is 0 Å². The van der Waals surface area contributed by atoms with Crippen LogP contribution in [0.4, 0.5) is 0 Å². The summed E-state index contributed by atoms with van der Waals surface area (Å²) in [7, 11) is 0. The topological polar surface area (TPSA) is 104 Å². The summed E-state index contributed by atoms with van der Waals surface area (Å²) >= 11 is 0. The molecule has 0 aromatic carbocycles. The lowest BCUT2D eigenvalue weighted by atomic mass is 10.1. The summed E-state index contributed by atoms with van der Waals surface area (Å²) < 4.78 is 0. The van der Waals surface area contributed by atoms with Gasteiger partial charge in [-0.2, -0.15) is 0 Å². The summed E-state index contributed by atoms with van der Waals surface area (Å²) in [5.74, 6) is -2.24. The van der Waals surface area contributed by atoms with E-state index in [1.807, 2.05) is 0 Å². The van der Waals surface area contributed by atoms with Crippen molar-refractivity contribution in [2.24, 2.45) is 0 Å². The SMILES string of the molecule is O=C(O)/C=C\C(=O)NCCCCCCCCCCC(=O)O. The van der Waals surface area contributed by atoms with Gasteiger partial charge in [0.2, 0.25) is 5.91 Å². The van der Waals surface area contributed by atoms with Gasteiger partial charge in [-0.15, -0.1) is 0 Å². The average Bonchev–Trinajstić information content (AvgIpc) is 2.42. The second kappa shape index (κ2) is 13.1. The van der Waals surface area contributed by atoms with E-state index in [4.69, 9.17) is 10.2 Å². The molecule has 0 aliphatic heterocycles. The molecule has 0 saturated carbocycles. The normalized spacial score (nSPS) is 10.7. The first-order valence-electron chi connectivity index (χ1n) is 7.43. The number of carbonyl (C=O) groups excluding carboxylic acids is 1. The lowest BCUT2D eigenvalue weighted by Gasteiger charge is -2.03. The van der Waals surface area contributed by atoms with E-state index < -0.39 is 11.9 Å². The van der Waals surface area contributed by atoms with E-state index in [2.05, 4.69) is 5.32 Å².